The van der Waals surface area contributed by atoms with Gasteiger partial charge in [0.25, 0.3) is 0 Å². The highest BCUT2D eigenvalue weighted by Gasteiger charge is 2.42. The monoisotopic (exact) mass is 326 g/mol. The highest BCUT2D eigenvalue weighted by molar-refractivity contribution is 5.73. The number of aromatic nitrogens is 1. The maximum Gasteiger partial charge on any atom is 0.315 e. The van der Waals surface area contributed by atoms with E-state index in [1.54, 1.807) is 17.3 Å². The Bertz CT molecular complexity index is 665. The molecule has 1 saturated heterocycles. The van der Waals surface area contributed by atoms with Crippen LogP contribution in [-0.2, 0) is 6.42 Å². The van der Waals surface area contributed by atoms with Crippen molar-refractivity contribution in [2.75, 3.05) is 26.2 Å². The largest absolute Gasteiger partial charge is 0.489 e. The van der Waals surface area contributed by atoms with Crippen LogP contribution in [0.2, 0.25) is 0 Å². The van der Waals surface area contributed by atoms with Gasteiger partial charge < -0.3 is 20.7 Å². The number of ether oxygens (including phenoxy) is 1. The minimum absolute atomic E-state index is 0.351. The van der Waals surface area contributed by atoms with Crippen LogP contribution in [0.25, 0.3) is 0 Å². The zero-order chi connectivity index (χ0) is 16.8. The number of benzene rings is 1. The summed E-state index contributed by atoms with van der Waals surface area (Å²) in [5.41, 5.74) is 6.27. The fourth-order valence-corrected chi connectivity index (χ4v) is 3.15. The molecule has 0 aliphatic carbocycles. The molecule has 6 nitrogen and oxygen atoms in total. The zero-order valence-corrected chi connectivity index (χ0v) is 13.5. The molecule has 3 N–H and O–H groups in total. The maximum absolute atomic E-state index is 12.0. The Morgan fingerprint density at radius 3 is 2.83 bits per heavy atom. The Kier molecular flexibility index (Phi) is 4.96. The van der Waals surface area contributed by atoms with Crippen LogP contribution in [0.1, 0.15) is 5.56 Å². The van der Waals surface area contributed by atoms with Gasteiger partial charge in [-0.2, -0.15) is 0 Å². The summed E-state index contributed by atoms with van der Waals surface area (Å²) in [5.74, 6) is 0.680. The summed E-state index contributed by atoms with van der Waals surface area (Å²) in [6, 6.07) is 13.3. The van der Waals surface area contributed by atoms with Gasteiger partial charge in [-0.3, -0.25) is 4.98 Å². The number of amides is 2. The van der Waals surface area contributed by atoms with E-state index in [9.17, 15) is 4.79 Å². The van der Waals surface area contributed by atoms with E-state index in [1.807, 2.05) is 30.3 Å². The molecule has 1 fully saturated rings. The van der Waals surface area contributed by atoms with Crippen molar-refractivity contribution < 1.29 is 9.53 Å². The van der Waals surface area contributed by atoms with Gasteiger partial charge in [-0.05, 0) is 17.7 Å². The van der Waals surface area contributed by atoms with Crippen molar-refractivity contribution in [3.8, 4) is 5.75 Å². The Balaban J connectivity index is 1.85. The minimum Gasteiger partial charge on any atom is -0.489 e. The van der Waals surface area contributed by atoms with Gasteiger partial charge in [0, 0.05) is 32.3 Å². The molecule has 2 heterocycles. The molecule has 126 valence electrons. The van der Waals surface area contributed by atoms with Crippen LogP contribution in [0, 0.1) is 0 Å². The fourth-order valence-electron chi connectivity index (χ4n) is 3.15. The number of primary amides is 1. The number of pyridine rings is 1. The van der Waals surface area contributed by atoms with Gasteiger partial charge in [0.2, 0.25) is 0 Å². The molecule has 24 heavy (non-hydrogen) atoms. The quantitative estimate of drug-likeness (QED) is 0.871. The topological polar surface area (TPSA) is 80.5 Å². The molecule has 1 atom stereocenters. The molecule has 1 aliphatic heterocycles. The number of urea groups is 1. The summed E-state index contributed by atoms with van der Waals surface area (Å²) in [6.07, 6.45) is 4.04. The van der Waals surface area contributed by atoms with Crippen LogP contribution < -0.4 is 15.8 Å². The molecule has 2 amide bonds. The molecule has 0 bridgehead atoms. The molecule has 2 aromatic rings. The first-order valence-corrected chi connectivity index (χ1v) is 8.04. The summed E-state index contributed by atoms with van der Waals surface area (Å²) in [6.45, 7) is 2.28. The highest BCUT2D eigenvalue weighted by atomic mass is 16.5. The van der Waals surface area contributed by atoms with Crippen LogP contribution in [0.3, 0.4) is 0 Å². The van der Waals surface area contributed by atoms with Crippen molar-refractivity contribution in [2.24, 2.45) is 5.73 Å². The Morgan fingerprint density at radius 1 is 1.29 bits per heavy atom. The lowest BCUT2D eigenvalue weighted by Gasteiger charge is -2.46. The molecule has 3 rings (SSSR count). The lowest BCUT2D eigenvalue weighted by molar-refractivity contribution is 0.0493. The average molecular weight is 326 g/mol. The number of hydrogen-bond donors (Lipinski definition) is 2. The van der Waals surface area contributed by atoms with Crippen molar-refractivity contribution in [2.45, 2.75) is 12.0 Å². The number of nitrogens with one attached hydrogen (secondary N) is 1. The van der Waals surface area contributed by atoms with E-state index >= 15 is 0 Å². The van der Waals surface area contributed by atoms with E-state index in [-0.39, 0.29) is 0 Å². The third-order valence-electron chi connectivity index (χ3n) is 4.32. The normalized spacial score (nSPS) is 20.6. The van der Waals surface area contributed by atoms with Gasteiger partial charge >= 0.3 is 6.03 Å². The van der Waals surface area contributed by atoms with Gasteiger partial charge in [-0.1, -0.05) is 30.3 Å². The number of rotatable bonds is 5. The Hall–Kier alpha value is -2.60. The van der Waals surface area contributed by atoms with Crippen LogP contribution in [0.4, 0.5) is 4.79 Å². The number of carbonyl (C=O) groups excluding carboxylic acids is 1. The average Bonchev–Trinajstić information content (AvgIpc) is 2.62. The van der Waals surface area contributed by atoms with E-state index in [1.165, 1.54) is 0 Å². The third-order valence-corrected chi connectivity index (χ3v) is 4.32. The van der Waals surface area contributed by atoms with Gasteiger partial charge in [0.1, 0.15) is 12.4 Å². The van der Waals surface area contributed by atoms with Gasteiger partial charge in [0.15, 0.2) is 0 Å². The van der Waals surface area contributed by atoms with E-state index < -0.39 is 11.6 Å². The number of carbonyl (C=O) groups is 1. The van der Waals surface area contributed by atoms with E-state index in [0.29, 0.717) is 31.9 Å². The van der Waals surface area contributed by atoms with Crippen molar-refractivity contribution in [3.05, 3.63) is 60.4 Å². The maximum atomic E-state index is 12.0. The SMILES string of the molecule is NC(=O)N1CCNCC1(COc1cccnc1)Cc1ccccc1. The fraction of sp³-hybridized carbons (Fsp3) is 0.333. The van der Waals surface area contributed by atoms with Crippen LogP contribution in [-0.4, -0.2) is 47.7 Å². The molecule has 1 unspecified atom stereocenters. The second kappa shape index (κ2) is 7.31. The molecule has 0 saturated carbocycles. The van der Waals surface area contributed by atoms with Gasteiger partial charge in [-0.15, -0.1) is 0 Å². The first kappa shape index (κ1) is 16.3. The summed E-state index contributed by atoms with van der Waals surface area (Å²) in [7, 11) is 0. The predicted molar refractivity (Wildman–Crippen MR) is 91.8 cm³/mol. The van der Waals surface area contributed by atoms with Crippen LogP contribution >= 0.6 is 0 Å². The van der Waals surface area contributed by atoms with Crippen molar-refractivity contribution in [3.63, 3.8) is 0 Å². The predicted octanol–water partition coefficient (Wildman–Crippen LogP) is 1.43. The second-order valence-corrected chi connectivity index (χ2v) is 6.03. The summed E-state index contributed by atoms with van der Waals surface area (Å²) >= 11 is 0. The first-order valence-electron chi connectivity index (χ1n) is 8.04. The lowest BCUT2D eigenvalue weighted by atomic mass is 9.88. The summed E-state index contributed by atoms with van der Waals surface area (Å²) in [4.78, 5) is 17.8. The summed E-state index contributed by atoms with van der Waals surface area (Å²) in [5, 5.41) is 3.37. The first-order chi connectivity index (χ1) is 11.7. The molecule has 0 radical (unpaired) electrons. The number of hydrogen-bond acceptors (Lipinski definition) is 4. The molecule has 1 aliphatic rings. The third kappa shape index (κ3) is 3.65. The van der Waals surface area contributed by atoms with Crippen molar-refractivity contribution >= 4 is 6.03 Å². The molecular weight excluding hydrogens is 304 g/mol. The highest BCUT2D eigenvalue weighted by Crippen LogP contribution is 2.25. The smallest absolute Gasteiger partial charge is 0.315 e. The standard InChI is InChI=1S/C18H22N4O2/c19-17(23)22-10-9-21-13-18(22,11-15-5-2-1-3-6-15)14-24-16-7-4-8-20-12-16/h1-8,12,21H,9-11,13-14H2,(H2,19,23). The molecule has 1 aromatic carbocycles. The second-order valence-electron chi connectivity index (χ2n) is 6.03. The number of nitrogens with two attached hydrogens (primary N) is 1. The molecule has 0 spiro atoms. The van der Waals surface area contributed by atoms with Crippen molar-refractivity contribution in [1.82, 2.24) is 15.2 Å². The van der Waals surface area contributed by atoms with Crippen molar-refractivity contribution in [1.29, 1.82) is 0 Å². The minimum atomic E-state index is -0.527. The van der Waals surface area contributed by atoms with Gasteiger partial charge in [-0.25, -0.2) is 4.79 Å². The number of nitrogens with zero attached hydrogens (tertiary/aromatic N) is 2. The summed E-state index contributed by atoms with van der Waals surface area (Å²) < 4.78 is 5.95. The van der Waals surface area contributed by atoms with Crippen LogP contribution in [0.5, 0.6) is 5.75 Å². The molecular formula is C18H22N4O2. The van der Waals surface area contributed by atoms with Crippen LogP contribution in [0.15, 0.2) is 54.9 Å². The van der Waals surface area contributed by atoms with Gasteiger partial charge in [0.05, 0.1) is 11.7 Å². The lowest BCUT2D eigenvalue weighted by Crippen LogP contribution is -2.67. The van der Waals surface area contributed by atoms with E-state index in [2.05, 4.69) is 22.4 Å². The Labute approximate surface area is 141 Å². The Morgan fingerprint density at radius 2 is 2.12 bits per heavy atom. The molecule has 6 heteroatoms. The zero-order valence-electron chi connectivity index (χ0n) is 13.5. The van der Waals surface area contributed by atoms with E-state index in [4.69, 9.17) is 10.5 Å². The molecule has 1 aromatic heterocycles. The number of piperazine rings is 1. The van der Waals surface area contributed by atoms with E-state index in [0.717, 1.165) is 12.1 Å².